The van der Waals surface area contributed by atoms with Crippen molar-refractivity contribution in [2.45, 2.75) is 31.8 Å². The zero-order valence-corrected chi connectivity index (χ0v) is 17.2. The van der Waals surface area contributed by atoms with Gasteiger partial charge in [-0.2, -0.15) is 0 Å². The van der Waals surface area contributed by atoms with Crippen molar-refractivity contribution in [2.75, 3.05) is 18.7 Å². The van der Waals surface area contributed by atoms with E-state index in [0.29, 0.717) is 6.42 Å². The number of carbonyl (C=O) groups is 2. The molecule has 31 heavy (non-hydrogen) atoms. The summed E-state index contributed by atoms with van der Waals surface area (Å²) in [5.41, 5.74) is 6.24. The van der Waals surface area contributed by atoms with E-state index >= 15 is 0 Å². The quantitative estimate of drug-likeness (QED) is 0.774. The van der Waals surface area contributed by atoms with E-state index in [4.69, 9.17) is 9.47 Å². The van der Waals surface area contributed by atoms with Gasteiger partial charge in [0.05, 0.1) is 6.04 Å². The van der Waals surface area contributed by atoms with Crippen LogP contribution in [0.4, 0.5) is 5.69 Å². The molecule has 0 aromatic heterocycles. The molecule has 0 bridgehead atoms. The summed E-state index contributed by atoms with van der Waals surface area (Å²) >= 11 is 0. The van der Waals surface area contributed by atoms with Gasteiger partial charge in [0.1, 0.15) is 12.6 Å². The second-order valence-electron chi connectivity index (χ2n) is 7.78. The Balaban J connectivity index is 1.24. The molecule has 3 heterocycles. The van der Waals surface area contributed by atoms with Crippen LogP contribution in [0.2, 0.25) is 0 Å². The standard InChI is InChI=1S/C23H24N4O4/c1-2-15-5-3-4-6-17(15)24-22(28)13-26-9-10-27-19(23(26)29)12-18(25-27)16-7-8-20-21(11-16)31-14-30-20/h3-11,18-19,25H,2,12-14H2,1H3,(H,24,28). The van der Waals surface area contributed by atoms with E-state index in [1.165, 1.54) is 4.90 Å². The number of aryl methyl sites for hydroxylation is 1. The Kier molecular flexibility index (Phi) is 4.99. The molecule has 8 heteroatoms. The maximum absolute atomic E-state index is 13.1. The molecule has 2 aromatic carbocycles. The molecule has 2 amide bonds. The van der Waals surface area contributed by atoms with Gasteiger partial charge in [0.15, 0.2) is 11.5 Å². The number of ether oxygens (including phenoxy) is 2. The fourth-order valence-corrected chi connectivity index (χ4v) is 4.21. The Bertz CT molecular complexity index is 1050. The van der Waals surface area contributed by atoms with Crippen molar-refractivity contribution in [3.8, 4) is 11.5 Å². The molecule has 2 unspecified atom stereocenters. The summed E-state index contributed by atoms with van der Waals surface area (Å²) in [6.45, 7) is 2.25. The molecule has 2 aromatic rings. The van der Waals surface area contributed by atoms with Crippen molar-refractivity contribution < 1.29 is 19.1 Å². The largest absolute Gasteiger partial charge is 0.454 e. The highest BCUT2D eigenvalue weighted by Gasteiger charge is 2.40. The van der Waals surface area contributed by atoms with Gasteiger partial charge in [-0.05, 0) is 42.2 Å². The molecule has 8 nitrogen and oxygen atoms in total. The maximum Gasteiger partial charge on any atom is 0.251 e. The number of benzene rings is 2. The van der Waals surface area contributed by atoms with Crippen LogP contribution >= 0.6 is 0 Å². The monoisotopic (exact) mass is 420 g/mol. The van der Waals surface area contributed by atoms with Crippen molar-refractivity contribution in [1.29, 1.82) is 0 Å². The Morgan fingerprint density at radius 1 is 1.16 bits per heavy atom. The normalized spacial score (nSPS) is 21.4. The van der Waals surface area contributed by atoms with Gasteiger partial charge in [-0.15, -0.1) is 0 Å². The molecule has 5 rings (SSSR count). The number of carbonyl (C=O) groups excluding carboxylic acids is 2. The first kappa shape index (κ1) is 19.4. The lowest BCUT2D eigenvalue weighted by molar-refractivity contribution is -0.137. The van der Waals surface area contributed by atoms with Crippen LogP contribution < -0.4 is 20.2 Å². The minimum absolute atomic E-state index is 0.0214. The van der Waals surface area contributed by atoms with Crippen LogP contribution in [0.5, 0.6) is 11.5 Å². The first-order valence-electron chi connectivity index (χ1n) is 10.4. The van der Waals surface area contributed by atoms with Crippen molar-refractivity contribution in [2.24, 2.45) is 0 Å². The molecule has 3 aliphatic heterocycles. The Morgan fingerprint density at radius 2 is 2.00 bits per heavy atom. The Morgan fingerprint density at radius 3 is 2.87 bits per heavy atom. The first-order valence-corrected chi connectivity index (χ1v) is 10.4. The van der Waals surface area contributed by atoms with Gasteiger partial charge >= 0.3 is 0 Å². The van der Waals surface area contributed by atoms with Crippen LogP contribution in [0.3, 0.4) is 0 Å². The zero-order chi connectivity index (χ0) is 21.4. The van der Waals surface area contributed by atoms with Crippen LogP contribution in [0.15, 0.2) is 54.9 Å². The molecule has 2 atom stereocenters. The maximum atomic E-state index is 13.1. The van der Waals surface area contributed by atoms with E-state index in [1.54, 1.807) is 6.20 Å². The third-order valence-electron chi connectivity index (χ3n) is 5.86. The van der Waals surface area contributed by atoms with Crippen molar-refractivity contribution in [3.63, 3.8) is 0 Å². The second kappa shape index (κ2) is 7.96. The molecule has 0 saturated carbocycles. The molecular weight excluding hydrogens is 396 g/mol. The number of fused-ring (bicyclic) bond motifs is 2. The lowest BCUT2D eigenvalue weighted by atomic mass is 10.0. The van der Waals surface area contributed by atoms with E-state index in [0.717, 1.165) is 34.7 Å². The summed E-state index contributed by atoms with van der Waals surface area (Å²) in [5, 5.41) is 4.74. The number of amides is 2. The first-order chi connectivity index (χ1) is 15.1. The van der Waals surface area contributed by atoms with Gasteiger partial charge in [0, 0.05) is 18.1 Å². The summed E-state index contributed by atoms with van der Waals surface area (Å²) in [6.07, 6.45) is 4.88. The molecule has 1 saturated heterocycles. The number of para-hydroxylation sites is 1. The van der Waals surface area contributed by atoms with Gasteiger partial charge in [-0.3, -0.25) is 9.59 Å². The molecule has 3 aliphatic rings. The smallest absolute Gasteiger partial charge is 0.251 e. The van der Waals surface area contributed by atoms with Gasteiger partial charge in [-0.1, -0.05) is 31.2 Å². The van der Waals surface area contributed by atoms with Gasteiger partial charge < -0.3 is 24.7 Å². The predicted molar refractivity (Wildman–Crippen MR) is 114 cm³/mol. The topological polar surface area (TPSA) is 83.1 Å². The van der Waals surface area contributed by atoms with Crippen LogP contribution in [-0.4, -0.2) is 41.1 Å². The minimum atomic E-state index is -0.365. The number of rotatable bonds is 5. The van der Waals surface area contributed by atoms with Crippen molar-refractivity contribution in [3.05, 3.63) is 66.0 Å². The van der Waals surface area contributed by atoms with Crippen LogP contribution in [0, 0.1) is 0 Å². The van der Waals surface area contributed by atoms with Crippen molar-refractivity contribution >= 4 is 17.5 Å². The molecule has 160 valence electrons. The summed E-state index contributed by atoms with van der Waals surface area (Å²) < 4.78 is 10.8. The third kappa shape index (κ3) is 3.70. The molecular formula is C23H24N4O4. The zero-order valence-electron chi connectivity index (χ0n) is 17.2. The van der Waals surface area contributed by atoms with Gasteiger partial charge in [-0.25, -0.2) is 5.43 Å². The minimum Gasteiger partial charge on any atom is -0.454 e. The molecule has 0 spiro atoms. The fourth-order valence-electron chi connectivity index (χ4n) is 4.21. The van der Waals surface area contributed by atoms with Crippen LogP contribution in [0.25, 0.3) is 0 Å². The number of nitrogens with one attached hydrogen (secondary N) is 2. The van der Waals surface area contributed by atoms with Crippen molar-refractivity contribution in [1.82, 2.24) is 15.3 Å². The number of anilines is 1. The van der Waals surface area contributed by atoms with Crippen LogP contribution in [0.1, 0.15) is 30.5 Å². The number of hydrazine groups is 1. The fraction of sp³-hybridized carbons (Fsp3) is 0.304. The Hall–Kier alpha value is -3.52. The summed E-state index contributed by atoms with van der Waals surface area (Å²) in [4.78, 5) is 27.1. The lowest BCUT2D eigenvalue weighted by Gasteiger charge is -2.31. The van der Waals surface area contributed by atoms with E-state index in [2.05, 4.69) is 10.7 Å². The van der Waals surface area contributed by atoms with E-state index in [-0.39, 0.29) is 37.2 Å². The SMILES string of the molecule is CCc1ccccc1NC(=O)CN1C=CN2NC(c3ccc4c(c3)OCO4)CC2C1=O. The van der Waals surface area contributed by atoms with E-state index in [9.17, 15) is 9.59 Å². The highest BCUT2D eigenvalue weighted by molar-refractivity contribution is 5.96. The lowest BCUT2D eigenvalue weighted by Crippen LogP contribution is -2.49. The highest BCUT2D eigenvalue weighted by Crippen LogP contribution is 2.37. The molecule has 0 radical (unpaired) electrons. The molecule has 2 N–H and O–H groups in total. The Labute approximate surface area is 180 Å². The molecule has 1 fully saturated rings. The predicted octanol–water partition coefficient (Wildman–Crippen LogP) is 2.55. The number of hydrogen-bond donors (Lipinski definition) is 2. The molecule has 0 aliphatic carbocycles. The number of hydrogen-bond acceptors (Lipinski definition) is 6. The van der Waals surface area contributed by atoms with E-state index < -0.39 is 0 Å². The summed E-state index contributed by atoms with van der Waals surface area (Å²) in [6, 6.07) is 13.1. The van der Waals surface area contributed by atoms with Crippen LogP contribution in [-0.2, 0) is 16.0 Å². The van der Waals surface area contributed by atoms with Gasteiger partial charge in [0.25, 0.3) is 5.91 Å². The summed E-state index contributed by atoms with van der Waals surface area (Å²) in [7, 11) is 0. The summed E-state index contributed by atoms with van der Waals surface area (Å²) in [5.74, 6) is 1.14. The highest BCUT2D eigenvalue weighted by atomic mass is 16.7. The second-order valence-corrected chi connectivity index (χ2v) is 7.78. The average Bonchev–Trinajstić information content (AvgIpc) is 3.43. The number of nitrogens with zero attached hydrogens (tertiary/aromatic N) is 2. The van der Waals surface area contributed by atoms with E-state index in [1.807, 2.05) is 60.6 Å². The third-order valence-corrected chi connectivity index (χ3v) is 5.86. The average molecular weight is 420 g/mol. The van der Waals surface area contributed by atoms with Gasteiger partial charge in [0.2, 0.25) is 12.7 Å².